The molecule has 7 heteroatoms. The van der Waals surface area contributed by atoms with Crippen molar-refractivity contribution in [3.8, 4) is 0 Å². The van der Waals surface area contributed by atoms with Gasteiger partial charge in [0.15, 0.2) is 6.10 Å². The quantitative estimate of drug-likeness (QED) is 0.739. The van der Waals surface area contributed by atoms with Crippen LogP contribution in [-0.2, 0) is 16.1 Å². The molecule has 1 saturated heterocycles. The van der Waals surface area contributed by atoms with Gasteiger partial charge < -0.3 is 19.8 Å². The zero-order chi connectivity index (χ0) is 19.7. The normalized spacial score (nSPS) is 18.7. The molecule has 2 N–H and O–H groups in total. The second-order valence-corrected chi connectivity index (χ2v) is 9.37. The van der Waals surface area contributed by atoms with Crippen molar-refractivity contribution in [3.63, 3.8) is 0 Å². The van der Waals surface area contributed by atoms with Crippen LogP contribution in [0.1, 0.15) is 64.8 Å². The van der Waals surface area contributed by atoms with Gasteiger partial charge in [-0.15, -0.1) is 0 Å². The molecule has 0 aromatic carbocycles. The number of ether oxygens (including phenoxy) is 1. The van der Waals surface area contributed by atoms with Crippen LogP contribution in [0.15, 0.2) is 10.7 Å². The Hall–Kier alpha value is -1.18. The van der Waals surface area contributed by atoms with Gasteiger partial charge in [0.2, 0.25) is 0 Å². The fourth-order valence-corrected chi connectivity index (χ4v) is 3.80. The van der Waals surface area contributed by atoms with E-state index in [0.717, 1.165) is 31.6 Å². The highest BCUT2D eigenvalue weighted by atomic mass is 79.9. The lowest BCUT2D eigenvalue weighted by Gasteiger charge is -2.40. The molecule has 1 fully saturated rings. The minimum Gasteiger partial charge on any atom is -0.479 e. The molecule has 1 aromatic rings. The van der Waals surface area contributed by atoms with Crippen LogP contribution in [0.25, 0.3) is 0 Å². The van der Waals surface area contributed by atoms with Crippen LogP contribution in [0.4, 0.5) is 5.69 Å². The number of hydrogen-bond acceptors (Lipinski definition) is 5. The third-order valence-electron chi connectivity index (χ3n) is 4.66. The number of anilines is 1. The van der Waals surface area contributed by atoms with Gasteiger partial charge in [0.25, 0.3) is 0 Å². The maximum absolute atomic E-state index is 11.9. The van der Waals surface area contributed by atoms with E-state index >= 15 is 0 Å². The Morgan fingerprint density at radius 2 is 1.96 bits per heavy atom. The number of halogens is 1. The van der Waals surface area contributed by atoms with Crippen LogP contribution in [0.5, 0.6) is 0 Å². The number of carboxylic acid groups (broad SMARTS) is 1. The van der Waals surface area contributed by atoms with Gasteiger partial charge in [-0.1, -0.05) is 13.8 Å². The molecule has 0 saturated carbocycles. The molecule has 0 amide bonds. The van der Waals surface area contributed by atoms with Crippen molar-refractivity contribution in [3.05, 3.63) is 21.9 Å². The molecular weight excluding hydrogens is 400 g/mol. The topological polar surface area (TPSA) is 82.9 Å². The van der Waals surface area contributed by atoms with Crippen molar-refractivity contribution >= 4 is 27.6 Å². The molecule has 6 nitrogen and oxygen atoms in total. The minimum absolute atomic E-state index is 0.217. The van der Waals surface area contributed by atoms with Gasteiger partial charge in [-0.25, -0.2) is 4.79 Å². The van der Waals surface area contributed by atoms with Gasteiger partial charge in [-0.3, -0.25) is 4.98 Å². The lowest BCUT2D eigenvalue weighted by atomic mass is 9.82. The van der Waals surface area contributed by atoms with Crippen molar-refractivity contribution in [2.45, 2.75) is 65.8 Å². The first-order valence-corrected chi connectivity index (χ1v) is 9.68. The van der Waals surface area contributed by atoms with Gasteiger partial charge in [0.05, 0.1) is 28.1 Å². The van der Waals surface area contributed by atoms with E-state index < -0.39 is 17.7 Å². The van der Waals surface area contributed by atoms with Crippen LogP contribution >= 0.6 is 15.9 Å². The number of aromatic nitrogens is 1. The van der Waals surface area contributed by atoms with Crippen LogP contribution < -0.4 is 4.90 Å². The number of pyridine rings is 1. The van der Waals surface area contributed by atoms with E-state index in [-0.39, 0.29) is 12.0 Å². The summed E-state index contributed by atoms with van der Waals surface area (Å²) < 4.78 is 6.48. The lowest BCUT2D eigenvalue weighted by molar-refractivity contribution is -0.160. The molecule has 1 atom stereocenters. The molecule has 146 valence electrons. The molecule has 2 heterocycles. The molecule has 1 unspecified atom stereocenters. The minimum atomic E-state index is -1.13. The van der Waals surface area contributed by atoms with Crippen molar-refractivity contribution in [2.75, 3.05) is 18.0 Å². The molecular formula is C19H29BrN2O4. The van der Waals surface area contributed by atoms with Crippen molar-refractivity contribution in [1.82, 2.24) is 4.98 Å². The number of aliphatic carboxylic acids is 1. The Kier molecular flexibility index (Phi) is 6.36. The van der Waals surface area contributed by atoms with E-state index in [0.29, 0.717) is 15.7 Å². The second-order valence-electron chi connectivity index (χ2n) is 8.58. The van der Waals surface area contributed by atoms with Crippen LogP contribution in [0.2, 0.25) is 0 Å². The van der Waals surface area contributed by atoms with Crippen LogP contribution in [-0.4, -0.2) is 39.9 Å². The molecule has 2 rings (SSSR count). The first-order valence-electron chi connectivity index (χ1n) is 8.89. The Labute approximate surface area is 163 Å². The largest absolute Gasteiger partial charge is 0.479 e. The molecule has 0 bridgehead atoms. The predicted octanol–water partition coefficient (Wildman–Crippen LogP) is 3.90. The summed E-state index contributed by atoms with van der Waals surface area (Å²) in [6.45, 7) is 11.4. The Balaban J connectivity index is 2.52. The maximum Gasteiger partial charge on any atom is 0.337 e. The number of aliphatic hydroxyl groups is 1. The van der Waals surface area contributed by atoms with Crippen molar-refractivity contribution in [1.29, 1.82) is 0 Å². The molecule has 0 spiro atoms. The van der Waals surface area contributed by atoms with E-state index in [4.69, 9.17) is 4.74 Å². The SMILES string of the molecule is CC1(C)CCN(c2c(C(OC(C)(C)C)C(=O)O)cnc(CO)c2Br)CC1. The average Bonchev–Trinajstić information content (AvgIpc) is 2.52. The summed E-state index contributed by atoms with van der Waals surface area (Å²) in [6, 6.07) is 0. The first-order chi connectivity index (χ1) is 11.9. The summed E-state index contributed by atoms with van der Waals surface area (Å²) in [6.07, 6.45) is 2.41. The fourth-order valence-electron chi connectivity index (χ4n) is 3.09. The van der Waals surface area contributed by atoms with Crippen molar-refractivity contribution in [2.24, 2.45) is 5.41 Å². The number of rotatable bonds is 5. The van der Waals surface area contributed by atoms with E-state index in [9.17, 15) is 15.0 Å². The average molecular weight is 429 g/mol. The highest BCUT2D eigenvalue weighted by Gasteiger charge is 2.34. The smallest absolute Gasteiger partial charge is 0.337 e. The molecule has 26 heavy (non-hydrogen) atoms. The number of hydrogen-bond donors (Lipinski definition) is 2. The summed E-state index contributed by atoms with van der Waals surface area (Å²) in [5, 5.41) is 19.4. The Morgan fingerprint density at radius 3 is 2.42 bits per heavy atom. The van der Waals surface area contributed by atoms with Gasteiger partial charge >= 0.3 is 5.97 Å². The zero-order valence-corrected chi connectivity index (χ0v) is 17.8. The second kappa shape index (κ2) is 7.82. The summed E-state index contributed by atoms with van der Waals surface area (Å²) in [5.41, 5.74) is 1.41. The maximum atomic E-state index is 11.9. The predicted molar refractivity (Wildman–Crippen MR) is 104 cm³/mol. The number of nitrogens with zero attached hydrogens (tertiary/aromatic N) is 2. The number of carboxylic acids is 1. The number of aliphatic hydroxyl groups excluding tert-OH is 1. The summed E-state index contributed by atoms with van der Waals surface area (Å²) in [7, 11) is 0. The zero-order valence-electron chi connectivity index (χ0n) is 16.2. The molecule has 0 radical (unpaired) electrons. The van der Waals surface area contributed by atoms with Crippen molar-refractivity contribution < 1.29 is 19.7 Å². The summed E-state index contributed by atoms with van der Waals surface area (Å²) in [4.78, 5) is 18.4. The third kappa shape index (κ3) is 4.96. The Bertz CT molecular complexity index is 660. The standard InChI is InChI=1S/C19H29BrN2O4/c1-18(2,3)26-16(17(24)25)12-10-21-13(11-23)14(20)15(12)22-8-6-19(4,5)7-9-22/h10,16,23H,6-9,11H2,1-5H3,(H,24,25). The van der Waals surface area contributed by atoms with Gasteiger partial charge in [0, 0.05) is 24.8 Å². The number of piperidine rings is 1. The van der Waals surface area contributed by atoms with E-state index in [1.54, 1.807) is 0 Å². The fraction of sp³-hybridized carbons (Fsp3) is 0.684. The monoisotopic (exact) mass is 428 g/mol. The molecule has 1 aliphatic rings. The summed E-state index contributed by atoms with van der Waals surface area (Å²) >= 11 is 3.54. The van der Waals surface area contributed by atoms with Crippen LogP contribution in [0, 0.1) is 5.41 Å². The van der Waals surface area contributed by atoms with Crippen LogP contribution in [0.3, 0.4) is 0 Å². The molecule has 1 aromatic heterocycles. The Morgan fingerprint density at radius 1 is 1.38 bits per heavy atom. The van der Waals surface area contributed by atoms with Gasteiger partial charge in [-0.2, -0.15) is 0 Å². The lowest BCUT2D eigenvalue weighted by Crippen LogP contribution is -2.39. The third-order valence-corrected chi connectivity index (χ3v) is 5.49. The highest BCUT2D eigenvalue weighted by Crippen LogP contribution is 2.41. The first kappa shape index (κ1) is 21.1. The molecule has 1 aliphatic heterocycles. The molecule has 0 aliphatic carbocycles. The summed E-state index contributed by atoms with van der Waals surface area (Å²) in [5.74, 6) is -1.05. The van der Waals surface area contributed by atoms with Gasteiger partial charge in [0.1, 0.15) is 0 Å². The van der Waals surface area contributed by atoms with E-state index in [1.807, 2.05) is 20.8 Å². The number of carbonyl (C=O) groups is 1. The van der Waals surface area contributed by atoms with E-state index in [2.05, 4.69) is 39.7 Å². The van der Waals surface area contributed by atoms with Gasteiger partial charge in [-0.05, 0) is 55.0 Å². The highest BCUT2D eigenvalue weighted by molar-refractivity contribution is 9.10. The van der Waals surface area contributed by atoms with E-state index in [1.165, 1.54) is 6.20 Å².